The number of carbonyl (C=O) groups is 1. The third-order valence-corrected chi connectivity index (χ3v) is 13.3. The zero-order chi connectivity index (χ0) is 22.8. The number of rotatable bonds is 8. The Morgan fingerprint density at radius 1 is 1.26 bits per heavy atom. The van der Waals surface area contributed by atoms with Crippen LogP contribution in [0.2, 0.25) is 18.1 Å². The minimum Gasteiger partial charge on any atom is -0.465 e. The summed E-state index contributed by atoms with van der Waals surface area (Å²) >= 11 is 0. The first-order chi connectivity index (χ1) is 14.6. The number of amides is 1. The van der Waals surface area contributed by atoms with Gasteiger partial charge in [-0.2, -0.15) is 0 Å². The van der Waals surface area contributed by atoms with E-state index in [4.69, 9.17) is 4.74 Å². The molecule has 1 aliphatic heterocycles. The lowest BCUT2D eigenvalue weighted by Gasteiger charge is -2.35. The van der Waals surface area contributed by atoms with E-state index in [1.54, 1.807) is 0 Å². The Morgan fingerprint density at radius 3 is 2.52 bits per heavy atom. The predicted octanol–water partition coefficient (Wildman–Crippen LogP) is 3.35. The number of carboxylic acid groups (broad SMARTS) is 1. The lowest BCUT2D eigenvalue weighted by molar-refractivity contribution is 0.000441. The standard InChI is InChI=1S/C22H34N2O5SSi/c1-5-31(6-2,7-3)21-19(13-17-14-29-11-10-24(17)22(25)26)18-12-16(15-30(4,27)28)8-9-20(18)23-21/h8-9,12,17,23H,5-7,10-11,13-15H2,1-4H3,(H,25,26)/t17-/m0/s1. The van der Waals surface area contributed by atoms with E-state index in [-0.39, 0.29) is 11.8 Å². The highest BCUT2D eigenvalue weighted by Gasteiger charge is 2.36. The molecule has 2 aromatic rings. The fourth-order valence-electron chi connectivity index (χ4n) is 4.94. The van der Waals surface area contributed by atoms with Gasteiger partial charge in [-0.25, -0.2) is 13.2 Å². The van der Waals surface area contributed by atoms with E-state index >= 15 is 0 Å². The molecule has 3 rings (SSSR count). The van der Waals surface area contributed by atoms with Crippen molar-refractivity contribution >= 4 is 40.2 Å². The molecule has 9 heteroatoms. The van der Waals surface area contributed by atoms with Crippen molar-refractivity contribution in [1.29, 1.82) is 0 Å². The third-order valence-electron chi connectivity index (χ3n) is 6.87. The normalized spacial score (nSPS) is 17.9. The van der Waals surface area contributed by atoms with Crippen molar-refractivity contribution in [3.8, 4) is 0 Å². The van der Waals surface area contributed by atoms with Gasteiger partial charge >= 0.3 is 6.09 Å². The highest BCUT2D eigenvalue weighted by Crippen LogP contribution is 2.29. The number of aromatic nitrogens is 1. The molecule has 0 saturated carbocycles. The Morgan fingerprint density at radius 2 is 1.94 bits per heavy atom. The Kier molecular flexibility index (Phi) is 7.17. The number of ether oxygens (including phenoxy) is 1. The number of aromatic amines is 1. The average Bonchev–Trinajstić information content (AvgIpc) is 3.07. The summed E-state index contributed by atoms with van der Waals surface area (Å²) in [4.78, 5) is 17.0. The van der Waals surface area contributed by atoms with Crippen molar-refractivity contribution in [2.45, 2.75) is 57.1 Å². The molecule has 0 unspecified atom stereocenters. The van der Waals surface area contributed by atoms with Gasteiger partial charge in [-0.15, -0.1) is 0 Å². The molecular weight excluding hydrogens is 432 g/mol. The largest absolute Gasteiger partial charge is 0.465 e. The Hall–Kier alpha value is -1.84. The van der Waals surface area contributed by atoms with Gasteiger partial charge in [-0.3, -0.25) is 0 Å². The molecule has 2 heterocycles. The van der Waals surface area contributed by atoms with Gasteiger partial charge in [0.15, 0.2) is 9.84 Å². The molecule has 0 spiro atoms. The summed E-state index contributed by atoms with van der Waals surface area (Å²) in [5, 5.41) is 12.0. The number of H-pyrrole nitrogens is 1. The average molecular weight is 467 g/mol. The molecule has 172 valence electrons. The van der Waals surface area contributed by atoms with Crippen LogP contribution in [-0.2, 0) is 26.7 Å². The van der Waals surface area contributed by atoms with E-state index in [0.29, 0.717) is 26.2 Å². The quantitative estimate of drug-likeness (QED) is 0.581. The number of fused-ring (bicyclic) bond motifs is 1. The van der Waals surface area contributed by atoms with Crippen LogP contribution in [0.1, 0.15) is 31.9 Å². The zero-order valence-electron chi connectivity index (χ0n) is 18.9. The molecule has 1 saturated heterocycles. The molecule has 0 bridgehead atoms. The van der Waals surface area contributed by atoms with E-state index in [1.165, 1.54) is 16.5 Å². The van der Waals surface area contributed by atoms with Gasteiger partial charge in [0.1, 0.15) is 8.07 Å². The van der Waals surface area contributed by atoms with Crippen LogP contribution in [-0.4, -0.2) is 69.6 Å². The molecule has 1 aliphatic rings. The molecule has 0 aliphatic carbocycles. The number of benzene rings is 1. The minimum atomic E-state index is -3.15. The maximum atomic E-state index is 11.9. The van der Waals surface area contributed by atoms with Crippen molar-refractivity contribution in [3.63, 3.8) is 0 Å². The molecule has 2 N–H and O–H groups in total. The van der Waals surface area contributed by atoms with Gasteiger partial charge in [0.2, 0.25) is 0 Å². The lowest BCUT2D eigenvalue weighted by Crippen LogP contribution is -2.52. The highest BCUT2D eigenvalue weighted by molar-refractivity contribution is 7.89. The van der Waals surface area contributed by atoms with E-state index < -0.39 is 24.0 Å². The molecule has 31 heavy (non-hydrogen) atoms. The molecule has 1 fully saturated rings. The molecule has 1 aromatic heterocycles. The van der Waals surface area contributed by atoms with Crippen molar-refractivity contribution < 1.29 is 23.1 Å². The van der Waals surface area contributed by atoms with Crippen LogP contribution in [0.4, 0.5) is 4.79 Å². The van der Waals surface area contributed by atoms with Crippen LogP contribution in [0, 0.1) is 0 Å². The van der Waals surface area contributed by atoms with Crippen LogP contribution >= 0.6 is 0 Å². The number of nitrogens with one attached hydrogen (secondary N) is 1. The third kappa shape index (κ3) is 4.99. The Labute approximate surface area is 185 Å². The topological polar surface area (TPSA) is 99.7 Å². The van der Waals surface area contributed by atoms with Crippen molar-refractivity contribution in [2.75, 3.05) is 26.0 Å². The van der Waals surface area contributed by atoms with Gasteiger partial charge in [-0.1, -0.05) is 45.0 Å². The lowest BCUT2D eigenvalue weighted by atomic mass is 10.0. The van der Waals surface area contributed by atoms with Crippen LogP contribution in [0.25, 0.3) is 10.9 Å². The van der Waals surface area contributed by atoms with Crippen molar-refractivity contribution in [2.24, 2.45) is 0 Å². The fourth-order valence-corrected chi connectivity index (χ4v) is 9.57. The zero-order valence-corrected chi connectivity index (χ0v) is 20.7. The summed E-state index contributed by atoms with van der Waals surface area (Å²) in [7, 11) is -4.95. The van der Waals surface area contributed by atoms with Gasteiger partial charge in [0.25, 0.3) is 0 Å². The molecule has 1 aromatic carbocycles. The van der Waals surface area contributed by atoms with Crippen LogP contribution in [0.15, 0.2) is 18.2 Å². The number of hydrogen-bond donors (Lipinski definition) is 2. The number of hydrogen-bond acceptors (Lipinski definition) is 4. The summed E-state index contributed by atoms with van der Waals surface area (Å²) < 4.78 is 29.4. The fraction of sp³-hybridized carbons (Fsp3) is 0.591. The maximum absolute atomic E-state index is 11.9. The summed E-state index contributed by atoms with van der Waals surface area (Å²) in [6.07, 6.45) is 0.893. The van der Waals surface area contributed by atoms with E-state index in [2.05, 4.69) is 25.8 Å². The summed E-state index contributed by atoms with van der Waals surface area (Å²) in [6.45, 7) is 7.90. The second kappa shape index (κ2) is 9.34. The van der Waals surface area contributed by atoms with E-state index in [1.807, 2.05) is 18.2 Å². The smallest absolute Gasteiger partial charge is 0.407 e. The minimum absolute atomic E-state index is 0.00537. The van der Waals surface area contributed by atoms with Gasteiger partial charge < -0.3 is 19.7 Å². The first-order valence-corrected chi connectivity index (χ1v) is 15.7. The van der Waals surface area contributed by atoms with Crippen molar-refractivity contribution in [1.82, 2.24) is 9.88 Å². The van der Waals surface area contributed by atoms with Crippen LogP contribution in [0.3, 0.4) is 0 Å². The van der Waals surface area contributed by atoms with Crippen molar-refractivity contribution in [3.05, 3.63) is 29.3 Å². The van der Waals surface area contributed by atoms with E-state index in [9.17, 15) is 18.3 Å². The highest BCUT2D eigenvalue weighted by atomic mass is 32.2. The molecule has 7 nitrogen and oxygen atoms in total. The number of nitrogens with zero attached hydrogens (tertiary/aromatic N) is 1. The van der Waals surface area contributed by atoms with Gasteiger partial charge in [0, 0.05) is 29.0 Å². The first kappa shape index (κ1) is 23.8. The molecular formula is C22H34N2O5SSi. The maximum Gasteiger partial charge on any atom is 0.407 e. The number of morpholine rings is 1. The van der Waals surface area contributed by atoms with Gasteiger partial charge in [-0.05, 0) is 29.7 Å². The number of sulfone groups is 1. The monoisotopic (exact) mass is 466 g/mol. The Bertz CT molecular complexity index is 1040. The predicted molar refractivity (Wildman–Crippen MR) is 127 cm³/mol. The molecule has 0 radical (unpaired) electrons. The Balaban J connectivity index is 2.16. The van der Waals surface area contributed by atoms with Gasteiger partial charge in [0.05, 0.1) is 25.0 Å². The molecule has 1 amide bonds. The second-order valence-electron chi connectivity index (χ2n) is 8.68. The molecule has 1 atom stereocenters. The summed E-state index contributed by atoms with van der Waals surface area (Å²) in [5.74, 6) is -0.00537. The SMILES string of the molecule is CC[Si](CC)(CC)c1[nH]c2ccc(CS(C)(=O)=O)cc2c1C[C@H]1COCCN1C(=O)O. The summed E-state index contributed by atoms with van der Waals surface area (Å²) in [5.41, 5.74) is 2.89. The van der Waals surface area contributed by atoms with Crippen LogP contribution < -0.4 is 5.32 Å². The van der Waals surface area contributed by atoms with E-state index in [0.717, 1.165) is 40.2 Å². The second-order valence-corrected chi connectivity index (χ2v) is 16.0. The first-order valence-electron chi connectivity index (χ1n) is 11.0. The van der Waals surface area contributed by atoms with Crippen LogP contribution in [0.5, 0.6) is 0 Å². The summed E-state index contributed by atoms with van der Waals surface area (Å²) in [6, 6.07) is 8.85.